The summed E-state index contributed by atoms with van der Waals surface area (Å²) in [6.07, 6.45) is 44.0. The van der Waals surface area contributed by atoms with Crippen LogP contribution in [-0.4, -0.2) is 41.0 Å². The van der Waals surface area contributed by atoms with Gasteiger partial charge in [-0.3, -0.25) is 14.1 Å². The van der Waals surface area contributed by atoms with Gasteiger partial charge in [-0.15, -0.1) is 6.58 Å². The Kier molecular flexibility index (Phi) is 39.5. The van der Waals surface area contributed by atoms with Crippen molar-refractivity contribution in [1.29, 1.82) is 0 Å². The molecule has 8 nitrogen and oxygen atoms in total. The molecule has 0 aliphatic heterocycles. The second-order valence-corrected chi connectivity index (χ2v) is 16.7. The number of carbonyl (C=O) groups excluding carboxylic acids is 2. The molecule has 0 saturated heterocycles. The minimum Gasteiger partial charge on any atom is -0.462 e. The predicted molar refractivity (Wildman–Crippen MR) is 221 cm³/mol. The third kappa shape index (κ3) is 43.4. The summed E-state index contributed by atoms with van der Waals surface area (Å²) in [6, 6.07) is 0. The lowest BCUT2D eigenvalue weighted by atomic mass is 10.0. The number of esters is 2. The summed E-state index contributed by atoms with van der Waals surface area (Å²) in [4.78, 5) is 42.9. The fourth-order valence-electron chi connectivity index (χ4n) is 6.83. The first kappa shape index (κ1) is 51.8. The molecule has 1 atom stereocenters. The van der Waals surface area contributed by atoms with E-state index in [-0.39, 0.29) is 19.4 Å². The van der Waals surface area contributed by atoms with Gasteiger partial charge < -0.3 is 19.3 Å². The summed E-state index contributed by atoms with van der Waals surface area (Å²) in [5, 5.41) is 0. The van der Waals surface area contributed by atoms with Crippen molar-refractivity contribution < 1.29 is 37.9 Å². The Labute approximate surface area is 327 Å². The topological polar surface area (TPSA) is 119 Å². The first-order chi connectivity index (χ1) is 25.8. The van der Waals surface area contributed by atoms with Gasteiger partial charge in [0.2, 0.25) is 0 Å². The van der Waals surface area contributed by atoms with Crippen molar-refractivity contribution in [2.24, 2.45) is 0 Å². The van der Waals surface area contributed by atoms with Crippen molar-refractivity contribution >= 4 is 19.8 Å². The Morgan fingerprint density at radius 3 is 1.17 bits per heavy atom. The standard InChI is InChI=1S/C44H85O8P/c1-3-5-7-9-11-13-15-17-19-20-21-22-23-25-26-28-30-32-34-36-38-43(45)50-40-42(41-51-53(47,48)49)52-44(46)39-37-35-33-31-29-27-24-18-16-14-12-10-8-6-4-2/h4,42H,2-3,5-41H2,1H3,(H2,47,48,49)/t42-/m1/s1. The van der Waals surface area contributed by atoms with Gasteiger partial charge in [0.15, 0.2) is 6.10 Å². The molecule has 2 N–H and O–H groups in total. The maximum atomic E-state index is 12.4. The van der Waals surface area contributed by atoms with Crippen LogP contribution in [0.15, 0.2) is 12.7 Å². The minimum absolute atomic E-state index is 0.215. The van der Waals surface area contributed by atoms with Crippen LogP contribution in [0.5, 0.6) is 0 Å². The molecule has 0 aromatic carbocycles. The zero-order valence-electron chi connectivity index (χ0n) is 34.5. The molecule has 0 aromatic heterocycles. The minimum atomic E-state index is -4.75. The van der Waals surface area contributed by atoms with E-state index in [4.69, 9.17) is 19.3 Å². The van der Waals surface area contributed by atoms with Gasteiger partial charge >= 0.3 is 19.8 Å². The van der Waals surface area contributed by atoms with Crippen molar-refractivity contribution in [1.82, 2.24) is 0 Å². The molecule has 0 heterocycles. The third-order valence-electron chi connectivity index (χ3n) is 10.2. The predicted octanol–water partition coefficient (Wildman–Crippen LogP) is 13.8. The average Bonchev–Trinajstić information content (AvgIpc) is 3.13. The Bertz CT molecular complexity index is 860. The van der Waals surface area contributed by atoms with Gasteiger partial charge in [-0.1, -0.05) is 206 Å². The molecule has 0 bridgehead atoms. The van der Waals surface area contributed by atoms with Crippen LogP contribution in [0.4, 0.5) is 0 Å². The third-order valence-corrected chi connectivity index (χ3v) is 10.7. The molecule has 9 heteroatoms. The van der Waals surface area contributed by atoms with Crippen LogP contribution in [0.3, 0.4) is 0 Å². The zero-order valence-corrected chi connectivity index (χ0v) is 35.4. The van der Waals surface area contributed by atoms with Gasteiger partial charge in [0.05, 0.1) is 6.61 Å². The van der Waals surface area contributed by atoms with Gasteiger partial charge in [-0.2, -0.15) is 0 Å². The maximum Gasteiger partial charge on any atom is 0.469 e. The second-order valence-electron chi connectivity index (χ2n) is 15.5. The Morgan fingerprint density at radius 1 is 0.509 bits per heavy atom. The molecule has 0 fully saturated rings. The molecule has 0 amide bonds. The van der Waals surface area contributed by atoms with Crippen LogP contribution in [0, 0.1) is 0 Å². The van der Waals surface area contributed by atoms with Gasteiger partial charge in [0.25, 0.3) is 0 Å². The van der Waals surface area contributed by atoms with Crippen molar-refractivity contribution in [3.05, 3.63) is 12.7 Å². The number of ether oxygens (including phenoxy) is 2. The monoisotopic (exact) mass is 773 g/mol. The molecule has 0 aromatic rings. The van der Waals surface area contributed by atoms with Crippen LogP contribution < -0.4 is 0 Å². The summed E-state index contributed by atoms with van der Waals surface area (Å²) in [6.45, 7) is 5.24. The van der Waals surface area contributed by atoms with E-state index in [9.17, 15) is 14.2 Å². The van der Waals surface area contributed by atoms with Crippen molar-refractivity contribution in [3.63, 3.8) is 0 Å². The summed E-state index contributed by atoms with van der Waals surface area (Å²) in [5.41, 5.74) is 0. The lowest BCUT2D eigenvalue weighted by Crippen LogP contribution is -2.29. The fraction of sp³-hybridized carbons (Fsp3) is 0.909. The van der Waals surface area contributed by atoms with Gasteiger partial charge in [0, 0.05) is 12.8 Å². The number of rotatable bonds is 43. The van der Waals surface area contributed by atoms with Crippen molar-refractivity contribution in [2.75, 3.05) is 13.2 Å². The number of hydrogen-bond donors (Lipinski definition) is 2. The fourth-order valence-corrected chi connectivity index (χ4v) is 7.19. The maximum absolute atomic E-state index is 12.4. The highest BCUT2D eigenvalue weighted by Crippen LogP contribution is 2.36. The highest BCUT2D eigenvalue weighted by atomic mass is 31.2. The molecular weight excluding hydrogens is 687 g/mol. The first-order valence-corrected chi connectivity index (χ1v) is 24.0. The van der Waals surface area contributed by atoms with E-state index >= 15 is 0 Å². The molecule has 0 aliphatic rings. The number of carbonyl (C=O) groups is 2. The van der Waals surface area contributed by atoms with Gasteiger partial charge in [-0.05, 0) is 25.7 Å². The molecule has 0 saturated carbocycles. The molecule has 53 heavy (non-hydrogen) atoms. The molecular formula is C44H85O8P. The molecule has 0 unspecified atom stereocenters. The van der Waals surface area contributed by atoms with Crippen LogP contribution in [0.1, 0.15) is 238 Å². The lowest BCUT2D eigenvalue weighted by Gasteiger charge is -2.18. The van der Waals surface area contributed by atoms with Crippen LogP contribution >= 0.6 is 7.82 Å². The SMILES string of the molecule is C=CCCCCCCCCCCCCCCCC(=O)O[C@H](COC(=O)CCCCCCCCCCCCCCCCCCCCCC)COP(=O)(O)O. The Balaban J connectivity index is 3.80. The van der Waals surface area contributed by atoms with Crippen molar-refractivity contribution in [2.45, 2.75) is 244 Å². The van der Waals surface area contributed by atoms with E-state index in [0.717, 1.165) is 44.9 Å². The van der Waals surface area contributed by atoms with Crippen LogP contribution in [-0.2, 0) is 28.2 Å². The normalized spacial score (nSPS) is 12.2. The Morgan fingerprint density at radius 2 is 0.830 bits per heavy atom. The zero-order chi connectivity index (χ0) is 38.9. The molecule has 314 valence electrons. The van der Waals surface area contributed by atoms with E-state index < -0.39 is 32.5 Å². The molecule has 0 radical (unpaired) electrons. The number of phosphoric acid groups is 1. The summed E-state index contributed by atoms with van der Waals surface area (Å²) < 4.78 is 26.4. The van der Waals surface area contributed by atoms with E-state index in [2.05, 4.69) is 18.0 Å². The van der Waals surface area contributed by atoms with Crippen molar-refractivity contribution in [3.8, 4) is 0 Å². The number of phosphoric ester groups is 1. The lowest BCUT2D eigenvalue weighted by molar-refractivity contribution is -0.161. The second kappa shape index (κ2) is 40.5. The molecule has 0 aliphatic carbocycles. The van der Waals surface area contributed by atoms with E-state index in [1.807, 2.05) is 6.08 Å². The van der Waals surface area contributed by atoms with E-state index in [1.165, 1.54) is 167 Å². The average molecular weight is 773 g/mol. The number of unbranched alkanes of at least 4 members (excludes halogenated alkanes) is 32. The van der Waals surface area contributed by atoms with Gasteiger partial charge in [0.1, 0.15) is 6.61 Å². The number of allylic oxidation sites excluding steroid dienone is 1. The quantitative estimate of drug-likeness (QED) is 0.0272. The highest BCUT2D eigenvalue weighted by Gasteiger charge is 2.23. The van der Waals surface area contributed by atoms with Gasteiger partial charge in [-0.25, -0.2) is 4.57 Å². The highest BCUT2D eigenvalue weighted by molar-refractivity contribution is 7.46. The smallest absolute Gasteiger partial charge is 0.462 e. The number of hydrogen-bond acceptors (Lipinski definition) is 6. The van der Waals surface area contributed by atoms with E-state index in [1.54, 1.807) is 0 Å². The summed E-state index contributed by atoms with van der Waals surface area (Å²) in [7, 11) is -4.75. The summed E-state index contributed by atoms with van der Waals surface area (Å²) in [5.74, 6) is -0.872. The largest absolute Gasteiger partial charge is 0.469 e. The molecule has 0 rings (SSSR count). The Hall–Kier alpha value is -1.21. The van der Waals surface area contributed by atoms with E-state index in [0.29, 0.717) is 6.42 Å². The summed E-state index contributed by atoms with van der Waals surface area (Å²) >= 11 is 0. The van der Waals surface area contributed by atoms with Crippen LogP contribution in [0.2, 0.25) is 0 Å². The molecule has 0 spiro atoms. The first-order valence-electron chi connectivity index (χ1n) is 22.4. The van der Waals surface area contributed by atoms with Crippen LogP contribution in [0.25, 0.3) is 0 Å².